The van der Waals surface area contributed by atoms with E-state index in [9.17, 15) is 15.3 Å². The molecule has 0 radical (unpaired) electrons. The van der Waals surface area contributed by atoms with Gasteiger partial charge in [-0.25, -0.2) is 5.84 Å². The molecular weight excluding hydrogens is 585 g/mol. The van der Waals surface area contributed by atoms with Gasteiger partial charge in [0.1, 0.15) is 36.9 Å². The predicted molar refractivity (Wildman–Crippen MR) is 147 cm³/mol. The molecule has 0 aliphatic rings. The van der Waals surface area contributed by atoms with Crippen LogP contribution in [0.5, 0.6) is 11.5 Å². The molecule has 2 atom stereocenters. The first kappa shape index (κ1) is 29.5. The fourth-order valence-electron chi connectivity index (χ4n) is 3.45. The first-order valence-electron chi connectivity index (χ1n) is 11.2. The van der Waals surface area contributed by atoms with Crippen molar-refractivity contribution in [2.45, 2.75) is 38.4 Å². The molecule has 0 aromatic heterocycles. The minimum atomic E-state index is -0.873. The standard InChI is InChI=1S/C25H35ClIN3O5/c1-16-10-18(6-9-23(16)35-14-19(32)11-26)25(2,3)17-4-7-21(8-5-17)34-15-20(33)12-30(29)22(13-31)24(27)28/h4-10,19-20,31-33H,11-15,28-29H2,1-3H3/b24-22-/t19-,20+/m1/s1. The SMILES string of the molecule is Cc1cc(C(C)(C)c2ccc(OC[C@@H](O)CN(N)/C(CO)=C(\N)I)cc2)ccc1OC[C@H](O)CCl. The van der Waals surface area contributed by atoms with Crippen LogP contribution in [-0.2, 0) is 5.41 Å². The molecule has 0 bridgehead atoms. The number of hydrazine groups is 1. The number of ether oxygens (including phenoxy) is 2. The number of benzene rings is 2. The van der Waals surface area contributed by atoms with Crippen LogP contribution in [0.4, 0.5) is 0 Å². The van der Waals surface area contributed by atoms with Crippen LogP contribution in [0, 0.1) is 6.92 Å². The summed E-state index contributed by atoms with van der Waals surface area (Å²) < 4.78 is 11.8. The number of aliphatic hydroxyl groups is 3. The van der Waals surface area contributed by atoms with Gasteiger partial charge in [-0.05, 0) is 64.4 Å². The van der Waals surface area contributed by atoms with E-state index in [1.807, 2.05) is 65.9 Å². The molecule has 194 valence electrons. The third kappa shape index (κ3) is 8.40. The van der Waals surface area contributed by atoms with Gasteiger partial charge in [-0.3, -0.25) is 0 Å². The van der Waals surface area contributed by atoms with E-state index in [0.717, 1.165) is 22.4 Å². The number of aryl methyl sites for hydroxylation is 1. The quantitative estimate of drug-likeness (QED) is 0.0760. The summed E-state index contributed by atoms with van der Waals surface area (Å²) in [7, 11) is 0. The minimum absolute atomic E-state index is 0.0371. The first-order valence-corrected chi connectivity index (χ1v) is 12.8. The zero-order valence-electron chi connectivity index (χ0n) is 20.2. The fraction of sp³-hybridized carbons (Fsp3) is 0.440. The predicted octanol–water partition coefficient (Wildman–Crippen LogP) is 2.77. The number of halogens is 2. The highest BCUT2D eigenvalue weighted by molar-refractivity contribution is 14.1. The van der Waals surface area contributed by atoms with E-state index < -0.39 is 12.2 Å². The Morgan fingerprint density at radius 2 is 1.66 bits per heavy atom. The second kappa shape index (κ2) is 13.5. The molecule has 0 spiro atoms. The van der Waals surface area contributed by atoms with Crippen molar-refractivity contribution in [3.05, 3.63) is 68.6 Å². The number of aliphatic hydroxyl groups excluding tert-OH is 3. The molecule has 2 rings (SSSR count). The molecule has 2 aromatic rings. The van der Waals surface area contributed by atoms with Gasteiger partial charge in [0.15, 0.2) is 0 Å². The number of alkyl halides is 1. The van der Waals surface area contributed by atoms with Gasteiger partial charge in [0.25, 0.3) is 0 Å². The Kier molecular flexibility index (Phi) is 11.4. The Hall–Kier alpha value is -1.76. The van der Waals surface area contributed by atoms with E-state index in [-0.39, 0.29) is 37.7 Å². The summed E-state index contributed by atoms with van der Waals surface area (Å²) in [5.41, 5.74) is 8.94. The normalized spacial score (nSPS) is 14.2. The average Bonchev–Trinajstić information content (AvgIpc) is 2.82. The second-order valence-electron chi connectivity index (χ2n) is 8.82. The zero-order valence-corrected chi connectivity index (χ0v) is 23.2. The highest BCUT2D eigenvalue weighted by Gasteiger charge is 2.24. The lowest BCUT2D eigenvalue weighted by molar-refractivity contribution is 0.0745. The number of hydrogen-bond donors (Lipinski definition) is 5. The summed E-state index contributed by atoms with van der Waals surface area (Å²) in [5, 5.41) is 30.4. The Labute approximate surface area is 225 Å². The van der Waals surface area contributed by atoms with Crippen LogP contribution in [0.3, 0.4) is 0 Å². The molecule has 0 unspecified atom stereocenters. The number of nitrogens with two attached hydrogens (primary N) is 2. The van der Waals surface area contributed by atoms with Gasteiger partial charge < -0.3 is 35.5 Å². The third-order valence-corrected chi connectivity index (χ3v) is 6.68. The van der Waals surface area contributed by atoms with Crippen LogP contribution in [0.15, 0.2) is 51.9 Å². The molecule has 0 aliphatic heterocycles. The van der Waals surface area contributed by atoms with E-state index in [1.54, 1.807) is 0 Å². The third-order valence-electron chi connectivity index (χ3n) is 5.70. The Morgan fingerprint density at radius 1 is 1.06 bits per heavy atom. The Morgan fingerprint density at radius 3 is 2.20 bits per heavy atom. The van der Waals surface area contributed by atoms with Gasteiger partial charge in [-0.2, -0.15) is 0 Å². The van der Waals surface area contributed by atoms with Crippen molar-refractivity contribution in [2.24, 2.45) is 11.6 Å². The van der Waals surface area contributed by atoms with Gasteiger partial charge in [0, 0.05) is 5.41 Å². The molecule has 0 fully saturated rings. The molecule has 0 amide bonds. The largest absolute Gasteiger partial charge is 0.491 e. The van der Waals surface area contributed by atoms with Gasteiger partial charge in [0.2, 0.25) is 0 Å². The Balaban J connectivity index is 2.01. The molecule has 0 saturated carbocycles. The number of rotatable bonds is 13. The maximum Gasteiger partial charge on any atom is 0.122 e. The lowest BCUT2D eigenvalue weighted by Gasteiger charge is -2.27. The fourth-order valence-corrected chi connectivity index (χ4v) is 4.02. The van der Waals surface area contributed by atoms with E-state index in [4.69, 9.17) is 32.7 Å². The number of nitrogens with zero attached hydrogens (tertiary/aromatic N) is 1. The lowest BCUT2D eigenvalue weighted by Crippen LogP contribution is -2.41. The summed E-state index contributed by atoms with van der Waals surface area (Å²) in [6.45, 7) is 6.19. The molecule has 8 nitrogen and oxygen atoms in total. The van der Waals surface area contributed by atoms with Gasteiger partial charge in [0.05, 0.1) is 28.4 Å². The van der Waals surface area contributed by atoms with Gasteiger partial charge >= 0.3 is 0 Å². The minimum Gasteiger partial charge on any atom is -0.491 e. The molecule has 7 N–H and O–H groups in total. The molecule has 2 aromatic carbocycles. The van der Waals surface area contributed by atoms with Crippen LogP contribution in [0.25, 0.3) is 0 Å². The van der Waals surface area contributed by atoms with Gasteiger partial charge in [-0.1, -0.05) is 38.1 Å². The van der Waals surface area contributed by atoms with Crippen molar-refractivity contribution >= 4 is 34.2 Å². The summed E-state index contributed by atoms with van der Waals surface area (Å²) in [6, 6.07) is 13.7. The van der Waals surface area contributed by atoms with E-state index in [2.05, 4.69) is 19.9 Å². The second-order valence-corrected chi connectivity index (χ2v) is 10.3. The van der Waals surface area contributed by atoms with Crippen LogP contribution < -0.4 is 21.1 Å². The topological polar surface area (TPSA) is 134 Å². The lowest BCUT2D eigenvalue weighted by atomic mass is 9.77. The van der Waals surface area contributed by atoms with Crippen molar-refractivity contribution in [3.8, 4) is 11.5 Å². The molecule has 0 saturated heterocycles. The highest BCUT2D eigenvalue weighted by atomic mass is 127. The van der Waals surface area contributed by atoms with Gasteiger partial charge in [-0.15, -0.1) is 11.6 Å². The van der Waals surface area contributed by atoms with Crippen molar-refractivity contribution in [1.29, 1.82) is 0 Å². The molecule has 0 heterocycles. The maximum absolute atomic E-state index is 10.2. The van der Waals surface area contributed by atoms with Crippen molar-refractivity contribution in [3.63, 3.8) is 0 Å². The maximum atomic E-state index is 10.2. The van der Waals surface area contributed by atoms with E-state index in [0.29, 0.717) is 15.2 Å². The number of hydrogen-bond acceptors (Lipinski definition) is 8. The van der Waals surface area contributed by atoms with Crippen molar-refractivity contribution < 1.29 is 24.8 Å². The molecule has 0 aliphatic carbocycles. The average molecular weight is 620 g/mol. The van der Waals surface area contributed by atoms with Crippen LogP contribution >= 0.6 is 34.2 Å². The van der Waals surface area contributed by atoms with Crippen LogP contribution in [0.1, 0.15) is 30.5 Å². The monoisotopic (exact) mass is 619 g/mol. The molecule has 10 heteroatoms. The zero-order chi connectivity index (χ0) is 26.2. The molecular formula is C25H35ClIN3O5. The Bertz CT molecular complexity index is 984. The van der Waals surface area contributed by atoms with Crippen molar-refractivity contribution in [2.75, 3.05) is 32.2 Å². The summed E-state index contributed by atoms with van der Waals surface area (Å²) >= 11 is 7.50. The molecule has 35 heavy (non-hydrogen) atoms. The van der Waals surface area contributed by atoms with Crippen LogP contribution in [-0.4, -0.2) is 64.8 Å². The van der Waals surface area contributed by atoms with E-state index >= 15 is 0 Å². The highest BCUT2D eigenvalue weighted by Crippen LogP contribution is 2.34. The summed E-state index contributed by atoms with van der Waals surface area (Å²) in [5.74, 6) is 7.34. The van der Waals surface area contributed by atoms with Crippen LogP contribution in [0.2, 0.25) is 0 Å². The summed E-state index contributed by atoms with van der Waals surface area (Å²) in [4.78, 5) is 0. The van der Waals surface area contributed by atoms with Crippen molar-refractivity contribution in [1.82, 2.24) is 5.01 Å². The van der Waals surface area contributed by atoms with E-state index in [1.165, 1.54) is 5.01 Å². The smallest absolute Gasteiger partial charge is 0.122 e. The first-order chi connectivity index (χ1) is 16.5. The summed E-state index contributed by atoms with van der Waals surface area (Å²) in [6.07, 6.45) is -1.57.